The first-order chi connectivity index (χ1) is 10.4. The molecule has 0 bridgehead atoms. The Balaban J connectivity index is 1.55. The van der Waals surface area contributed by atoms with Crippen LogP contribution in [0.1, 0.15) is 30.9 Å². The van der Waals surface area contributed by atoms with Crippen LogP contribution in [-0.4, -0.2) is 7.05 Å². The van der Waals surface area contributed by atoms with E-state index >= 15 is 0 Å². The number of hydrogen-bond acceptors (Lipinski definition) is 1. The fourth-order valence-corrected chi connectivity index (χ4v) is 4.47. The lowest BCUT2D eigenvalue weighted by atomic mass is 9.95. The van der Waals surface area contributed by atoms with E-state index in [0.29, 0.717) is 6.04 Å². The van der Waals surface area contributed by atoms with Crippen molar-refractivity contribution >= 4 is 0 Å². The molecule has 2 aromatic carbocycles. The van der Waals surface area contributed by atoms with Crippen LogP contribution in [0, 0.1) is 17.8 Å². The zero-order valence-electron chi connectivity index (χ0n) is 12.6. The Morgan fingerprint density at radius 2 is 1.48 bits per heavy atom. The van der Waals surface area contributed by atoms with Crippen molar-refractivity contribution in [3.8, 4) is 11.1 Å². The first kappa shape index (κ1) is 13.1. The molecule has 2 aliphatic carbocycles. The molecule has 21 heavy (non-hydrogen) atoms. The van der Waals surface area contributed by atoms with Gasteiger partial charge in [-0.2, -0.15) is 0 Å². The lowest BCUT2D eigenvalue weighted by Crippen LogP contribution is -2.20. The van der Waals surface area contributed by atoms with Gasteiger partial charge in [0.1, 0.15) is 0 Å². The van der Waals surface area contributed by atoms with E-state index in [2.05, 4.69) is 67.0 Å². The third kappa shape index (κ3) is 2.30. The van der Waals surface area contributed by atoms with E-state index in [1.54, 1.807) is 0 Å². The summed E-state index contributed by atoms with van der Waals surface area (Å²) in [6, 6.07) is 20.3. The summed E-state index contributed by atoms with van der Waals surface area (Å²) in [6.07, 6.45) is 4.36. The highest BCUT2D eigenvalue weighted by atomic mass is 14.9. The van der Waals surface area contributed by atoms with Crippen LogP contribution in [0.5, 0.6) is 0 Å². The Morgan fingerprint density at radius 1 is 0.857 bits per heavy atom. The second kappa shape index (κ2) is 5.31. The molecule has 0 aromatic heterocycles. The quantitative estimate of drug-likeness (QED) is 0.857. The third-order valence-corrected chi connectivity index (χ3v) is 5.55. The maximum atomic E-state index is 3.57. The summed E-state index contributed by atoms with van der Waals surface area (Å²) in [5, 5.41) is 3.57. The third-order valence-electron chi connectivity index (χ3n) is 5.55. The monoisotopic (exact) mass is 277 g/mol. The normalized spacial score (nSPS) is 28.1. The van der Waals surface area contributed by atoms with Gasteiger partial charge < -0.3 is 5.32 Å². The van der Waals surface area contributed by atoms with Gasteiger partial charge >= 0.3 is 0 Å². The highest BCUT2D eigenvalue weighted by Gasteiger charge is 2.55. The van der Waals surface area contributed by atoms with Crippen molar-refractivity contribution in [2.24, 2.45) is 17.8 Å². The van der Waals surface area contributed by atoms with E-state index in [1.807, 2.05) is 0 Å². The van der Waals surface area contributed by atoms with E-state index in [-0.39, 0.29) is 0 Å². The summed E-state index contributed by atoms with van der Waals surface area (Å²) in [5.74, 6) is 2.87. The minimum absolute atomic E-state index is 0.546. The molecule has 0 spiro atoms. The fourth-order valence-electron chi connectivity index (χ4n) is 4.47. The largest absolute Gasteiger partial charge is 0.313 e. The SMILES string of the molecule is CNC(c1ccc(-c2ccccc2)cc1)C1C2CCCC21. The molecule has 2 aromatic rings. The predicted molar refractivity (Wildman–Crippen MR) is 88.0 cm³/mol. The van der Waals surface area contributed by atoms with Crippen LogP contribution in [0.2, 0.25) is 0 Å². The second-order valence-corrected chi connectivity index (χ2v) is 6.59. The molecule has 0 amide bonds. The Kier molecular flexibility index (Phi) is 3.31. The summed E-state index contributed by atoms with van der Waals surface area (Å²) in [4.78, 5) is 0. The number of nitrogens with one attached hydrogen (secondary N) is 1. The van der Waals surface area contributed by atoms with Crippen molar-refractivity contribution < 1.29 is 0 Å². The molecule has 4 rings (SSSR count). The van der Waals surface area contributed by atoms with Gasteiger partial charge in [0.15, 0.2) is 0 Å². The topological polar surface area (TPSA) is 12.0 Å². The van der Waals surface area contributed by atoms with Crippen molar-refractivity contribution in [3.63, 3.8) is 0 Å². The fraction of sp³-hybridized carbons (Fsp3) is 0.400. The van der Waals surface area contributed by atoms with Crippen LogP contribution in [0.3, 0.4) is 0 Å². The summed E-state index contributed by atoms with van der Waals surface area (Å²) in [7, 11) is 2.11. The van der Waals surface area contributed by atoms with E-state index in [4.69, 9.17) is 0 Å². The molecule has 0 radical (unpaired) electrons. The molecule has 0 heterocycles. The van der Waals surface area contributed by atoms with E-state index in [9.17, 15) is 0 Å². The van der Waals surface area contributed by atoms with Gasteiger partial charge in [0, 0.05) is 6.04 Å². The van der Waals surface area contributed by atoms with Gasteiger partial charge in [-0.05, 0) is 54.3 Å². The van der Waals surface area contributed by atoms with Crippen LogP contribution < -0.4 is 5.32 Å². The van der Waals surface area contributed by atoms with Gasteiger partial charge in [0.05, 0.1) is 0 Å². The van der Waals surface area contributed by atoms with Crippen molar-refractivity contribution in [2.75, 3.05) is 7.05 Å². The predicted octanol–water partition coefficient (Wildman–Crippen LogP) is 4.66. The lowest BCUT2D eigenvalue weighted by molar-refractivity contribution is 0.444. The number of rotatable bonds is 4. The van der Waals surface area contributed by atoms with E-state index < -0.39 is 0 Å². The second-order valence-electron chi connectivity index (χ2n) is 6.59. The molecule has 108 valence electrons. The van der Waals surface area contributed by atoms with E-state index in [1.165, 1.54) is 36.0 Å². The van der Waals surface area contributed by atoms with Crippen LogP contribution >= 0.6 is 0 Å². The number of hydrogen-bond donors (Lipinski definition) is 1. The minimum atomic E-state index is 0.546. The number of fused-ring (bicyclic) bond motifs is 1. The van der Waals surface area contributed by atoms with Crippen molar-refractivity contribution in [1.29, 1.82) is 0 Å². The maximum Gasteiger partial charge on any atom is 0.0351 e. The molecule has 1 nitrogen and oxygen atoms in total. The van der Waals surface area contributed by atoms with Crippen molar-refractivity contribution in [2.45, 2.75) is 25.3 Å². The van der Waals surface area contributed by atoms with Crippen LogP contribution in [0.15, 0.2) is 54.6 Å². The maximum absolute atomic E-state index is 3.57. The molecule has 0 saturated heterocycles. The Bertz CT molecular complexity index is 591. The highest BCUT2D eigenvalue weighted by molar-refractivity contribution is 5.63. The van der Waals surface area contributed by atoms with Gasteiger partial charge in [-0.25, -0.2) is 0 Å². The average Bonchev–Trinajstić information content (AvgIpc) is 3.01. The Morgan fingerprint density at radius 3 is 2.10 bits per heavy atom. The molecule has 1 N–H and O–H groups in total. The van der Waals surface area contributed by atoms with Gasteiger partial charge in [0.2, 0.25) is 0 Å². The summed E-state index contributed by atoms with van der Waals surface area (Å²) < 4.78 is 0. The zero-order valence-corrected chi connectivity index (χ0v) is 12.6. The first-order valence-corrected chi connectivity index (χ1v) is 8.21. The van der Waals surface area contributed by atoms with Gasteiger partial charge in [-0.15, -0.1) is 0 Å². The summed E-state index contributed by atoms with van der Waals surface area (Å²) in [6.45, 7) is 0. The molecule has 3 atom stereocenters. The van der Waals surface area contributed by atoms with Crippen LogP contribution in [-0.2, 0) is 0 Å². The zero-order chi connectivity index (χ0) is 14.2. The smallest absolute Gasteiger partial charge is 0.0351 e. The average molecular weight is 277 g/mol. The minimum Gasteiger partial charge on any atom is -0.313 e. The standard InChI is InChI=1S/C20H23N/c1-21-20(19-17-8-5-9-18(17)19)16-12-10-15(11-13-16)14-6-3-2-4-7-14/h2-4,6-7,10-13,17-21H,5,8-9H2,1H3. The molecule has 2 saturated carbocycles. The molecule has 2 fully saturated rings. The number of benzene rings is 2. The molecule has 1 heteroatoms. The van der Waals surface area contributed by atoms with Gasteiger partial charge in [0.25, 0.3) is 0 Å². The summed E-state index contributed by atoms with van der Waals surface area (Å²) >= 11 is 0. The lowest BCUT2D eigenvalue weighted by Gasteiger charge is -2.19. The van der Waals surface area contributed by atoms with E-state index in [0.717, 1.165) is 17.8 Å². The van der Waals surface area contributed by atoms with Crippen molar-refractivity contribution in [3.05, 3.63) is 60.2 Å². The van der Waals surface area contributed by atoms with Gasteiger partial charge in [-0.1, -0.05) is 61.0 Å². The van der Waals surface area contributed by atoms with Crippen LogP contribution in [0.25, 0.3) is 11.1 Å². The van der Waals surface area contributed by atoms with Crippen LogP contribution in [0.4, 0.5) is 0 Å². The first-order valence-electron chi connectivity index (χ1n) is 8.21. The molecule has 2 aliphatic rings. The Labute approximate surface area is 127 Å². The summed E-state index contributed by atoms with van der Waals surface area (Å²) in [5.41, 5.74) is 4.06. The molecular weight excluding hydrogens is 254 g/mol. The Hall–Kier alpha value is -1.60. The van der Waals surface area contributed by atoms with Crippen molar-refractivity contribution in [1.82, 2.24) is 5.32 Å². The highest BCUT2D eigenvalue weighted by Crippen LogP contribution is 2.62. The molecule has 0 aliphatic heterocycles. The molecule has 3 unspecified atom stereocenters. The molecular formula is C20H23N. The van der Waals surface area contributed by atoms with Gasteiger partial charge in [-0.3, -0.25) is 0 Å².